The molecule has 0 aliphatic carbocycles. The third-order valence-electron chi connectivity index (χ3n) is 4.11. The van der Waals surface area contributed by atoms with Gasteiger partial charge in [-0.2, -0.15) is 0 Å². The molecule has 3 rings (SSSR count). The Bertz CT molecular complexity index is 524. The van der Waals surface area contributed by atoms with Gasteiger partial charge in [0.15, 0.2) is 0 Å². The first-order chi connectivity index (χ1) is 9.83. The van der Waals surface area contributed by atoms with Crippen LogP contribution >= 0.6 is 0 Å². The highest BCUT2D eigenvalue weighted by Crippen LogP contribution is 2.26. The van der Waals surface area contributed by atoms with E-state index in [2.05, 4.69) is 77.5 Å². The molecule has 0 N–H and O–H groups in total. The molecule has 0 spiro atoms. The molecule has 1 aliphatic rings. The van der Waals surface area contributed by atoms with E-state index in [-0.39, 0.29) is 0 Å². The molecule has 1 aliphatic heterocycles. The van der Waals surface area contributed by atoms with Crippen LogP contribution in [-0.4, -0.2) is 36.5 Å². The van der Waals surface area contributed by atoms with Crippen LogP contribution in [-0.2, 0) is 6.54 Å². The van der Waals surface area contributed by atoms with E-state index in [1.807, 2.05) is 0 Å². The van der Waals surface area contributed by atoms with Crippen LogP contribution in [0.25, 0.3) is 0 Å². The lowest BCUT2D eigenvalue weighted by Crippen LogP contribution is -2.46. The molecule has 0 bridgehead atoms. The van der Waals surface area contributed by atoms with Gasteiger partial charge in [-0.25, -0.2) is 0 Å². The summed E-state index contributed by atoms with van der Waals surface area (Å²) in [4.78, 5) is 5.03. The fourth-order valence-corrected chi connectivity index (χ4v) is 2.96. The molecule has 0 saturated carbocycles. The highest BCUT2D eigenvalue weighted by molar-refractivity contribution is 5.21. The maximum absolute atomic E-state index is 2.60. The fourth-order valence-electron chi connectivity index (χ4n) is 2.96. The number of benzene rings is 2. The molecule has 1 saturated heterocycles. The number of likely N-dealkylation sites (N-methyl/N-ethyl adjacent to an activating group) is 1. The SMILES string of the molecule is CN1CCN(Cc2ccccc2)C(c2ccccc2)C1. The minimum absolute atomic E-state index is 0.496. The van der Waals surface area contributed by atoms with Crippen LogP contribution in [0.15, 0.2) is 60.7 Å². The first kappa shape index (κ1) is 13.3. The summed E-state index contributed by atoms with van der Waals surface area (Å²) < 4.78 is 0. The Hall–Kier alpha value is -1.64. The molecule has 2 aromatic carbocycles. The van der Waals surface area contributed by atoms with Gasteiger partial charge < -0.3 is 4.90 Å². The van der Waals surface area contributed by atoms with Crippen LogP contribution in [0, 0.1) is 0 Å². The minimum Gasteiger partial charge on any atom is -0.303 e. The normalized spacial score (nSPS) is 20.9. The number of hydrogen-bond donors (Lipinski definition) is 0. The lowest BCUT2D eigenvalue weighted by atomic mass is 10.0. The van der Waals surface area contributed by atoms with Crippen molar-refractivity contribution in [3.8, 4) is 0 Å². The molecular weight excluding hydrogens is 244 g/mol. The van der Waals surface area contributed by atoms with Crippen molar-refractivity contribution in [2.75, 3.05) is 26.7 Å². The third-order valence-corrected chi connectivity index (χ3v) is 4.11. The largest absolute Gasteiger partial charge is 0.303 e. The molecule has 0 amide bonds. The van der Waals surface area contributed by atoms with Gasteiger partial charge in [0.2, 0.25) is 0 Å². The van der Waals surface area contributed by atoms with Crippen LogP contribution in [0.3, 0.4) is 0 Å². The number of rotatable bonds is 3. The lowest BCUT2D eigenvalue weighted by molar-refractivity contribution is 0.0834. The topological polar surface area (TPSA) is 6.48 Å². The Morgan fingerprint density at radius 2 is 1.55 bits per heavy atom. The van der Waals surface area contributed by atoms with E-state index in [9.17, 15) is 0 Å². The Labute approximate surface area is 121 Å². The zero-order valence-corrected chi connectivity index (χ0v) is 12.1. The number of piperazine rings is 1. The second kappa shape index (κ2) is 6.21. The Morgan fingerprint density at radius 1 is 0.900 bits per heavy atom. The van der Waals surface area contributed by atoms with Gasteiger partial charge in [-0.3, -0.25) is 4.90 Å². The molecule has 2 aromatic rings. The van der Waals surface area contributed by atoms with Crippen molar-refractivity contribution >= 4 is 0 Å². The number of hydrogen-bond acceptors (Lipinski definition) is 2. The predicted molar refractivity (Wildman–Crippen MR) is 83.5 cm³/mol. The van der Waals surface area contributed by atoms with Crippen molar-refractivity contribution in [2.45, 2.75) is 12.6 Å². The first-order valence-electron chi connectivity index (χ1n) is 7.34. The van der Waals surface area contributed by atoms with Gasteiger partial charge in [-0.15, -0.1) is 0 Å². The maximum atomic E-state index is 2.60. The molecule has 1 atom stereocenters. The second-order valence-electron chi connectivity index (χ2n) is 5.64. The van der Waals surface area contributed by atoms with E-state index in [4.69, 9.17) is 0 Å². The summed E-state index contributed by atoms with van der Waals surface area (Å²) in [5.41, 5.74) is 2.83. The standard InChI is InChI=1S/C18H22N2/c1-19-12-13-20(14-16-8-4-2-5-9-16)18(15-19)17-10-6-3-7-11-17/h2-11,18H,12-15H2,1H3. The van der Waals surface area contributed by atoms with Crippen LogP contribution in [0.2, 0.25) is 0 Å². The van der Waals surface area contributed by atoms with E-state index in [1.165, 1.54) is 11.1 Å². The van der Waals surface area contributed by atoms with Crippen molar-refractivity contribution in [2.24, 2.45) is 0 Å². The molecule has 1 unspecified atom stereocenters. The summed E-state index contributed by atoms with van der Waals surface area (Å²) in [6.07, 6.45) is 0. The average molecular weight is 266 g/mol. The average Bonchev–Trinajstić information content (AvgIpc) is 2.51. The van der Waals surface area contributed by atoms with E-state index in [0.717, 1.165) is 26.2 Å². The van der Waals surface area contributed by atoms with Crippen molar-refractivity contribution in [1.29, 1.82) is 0 Å². The summed E-state index contributed by atoms with van der Waals surface area (Å²) in [6, 6.07) is 22.2. The fraction of sp³-hybridized carbons (Fsp3) is 0.333. The first-order valence-corrected chi connectivity index (χ1v) is 7.34. The highest BCUT2D eigenvalue weighted by Gasteiger charge is 2.26. The summed E-state index contributed by atoms with van der Waals surface area (Å²) in [5, 5.41) is 0. The van der Waals surface area contributed by atoms with Gasteiger partial charge in [0.05, 0.1) is 0 Å². The summed E-state index contributed by atoms with van der Waals surface area (Å²) in [5.74, 6) is 0. The van der Waals surface area contributed by atoms with Crippen LogP contribution in [0.4, 0.5) is 0 Å². The van der Waals surface area contributed by atoms with E-state index < -0.39 is 0 Å². The lowest BCUT2D eigenvalue weighted by Gasteiger charge is -2.40. The van der Waals surface area contributed by atoms with Gasteiger partial charge in [0, 0.05) is 32.2 Å². The van der Waals surface area contributed by atoms with E-state index in [1.54, 1.807) is 0 Å². The molecule has 1 heterocycles. The van der Waals surface area contributed by atoms with Gasteiger partial charge in [0.25, 0.3) is 0 Å². The van der Waals surface area contributed by atoms with E-state index >= 15 is 0 Å². The van der Waals surface area contributed by atoms with Crippen LogP contribution in [0.5, 0.6) is 0 Å². The summed E-state index contributed by atoms with van der Waals surface area (Å²) >= 11 is 0. The molecule has 1 fully saturated rings. The van der Waals surface area contributed by atoms with Crippen molar-refractivity contribution < 1.29 is 0 Å². The Morgan fingerprint density at radius 3 is 2.25 bits per heavy atom. The molecule has 0 radical (unpaired) electrons. The molecular formula is C18H22N2. The summed E-state index contributed by atoms with van der Waals surface area (Å²) in [6.45, 7) is 4.42. The monoisotopic (exact) mass is 266 g/mol. The number of nitrogens with zero attached hydrogens (tertiary/aromatic N) is 2. The van der Waals surface area contributed by atoms with Crippen LogP contribution < -0.4 is 0 Å². The predicted octanol–water partition coefficient (Wildman–Crippen LogP) is 3.18. The Balaban J connectivity index is 1.80. The van der Waals surface area contributed by atoms with Crippen molar-refractivity contribution in [1.82, 2.24) is 9.80 Å². The summed E-state index contributed by atoms with van der Waals surface area (Å²) in [7, 11) is 2.22. The molecule has 20 heavy (non-hydrogen) atoms. The van der Waals surface area contributed by atoms with Gasteiger partial charge >= 0.3 is 0 Å². The van der Waals surface area contributed by atoms with Crippen molar-refractivity contribution in [3.63, 3.8) is 0 Å². The quantitative estimate of drug-likeness (QED) is 0.842. The van der Waals surface area contributed by atoms with Crippen molar-refractivity contribution in [3.05, 3.63) is 71.8 Å². The smallest absolute Gasteiger partial charge is 0.0479 e. The second-order valence-corrected chi connectivity index (χ2v) is 5.64. The van der Waals surface area contributed by atoms with Crippen LogP contribution in [0.1, 0.15) is 17.2 Å². The molecule has 2 heteroatoms. The zero-order valence-electron chi connectivity index (χ0n) is 12.1. The minimum atomic E-state index is 0.496. The zero-order chi connectivity index (χ0) is 13.8. The molecule has 0 aromatic heterocycles. The van der Waals surface area contributed by atoms with Gasteiger partial charge in [0.1, 0.15) is 0 Å². The Kier molecular flexibility index (Phi) is 4.14. The van der Waals surface area contributed by atoms with Gasteiger partial charge in [-0.05, 0) is 18.2 Å². The molecule has 2 nitrogen and oxygen atoms in total. The maximum Gasteiger partial charge on any atom is 0.0479 e. The van der Waals surface area contributed by atoms with E-state index in [0.29, 0.717) is 6.04 Å². The highest BCUT2D eigenvalue weighted by atomic mass is 15.3. The van der Waals surface area contributed by atoms with Gasteiger partial charge in [-0.1, -0.05) is 60.7 Å². The molecule has 104 valence electrons. The third kappa shape index (κ3) is 3.09.